The summed E-state index contributed by atoms with van der Waals surface area (Å²) >= 11 is 11.9. The molecule has 2 aromatic heterocycles. The van der Waals surface area contributed by atoms with Crippen molar-refractivity contribution in [1.29, 1.82) is 0 Å². The van der Waals surface area contributed by atoms with E-state index in [1.54, 1.807) is 35.7 Å². The van der Waals surface area contributed by atoms with Crippen LogP contribution in [0.2, 0.25) is 10.0 Å². The van der Waals surface area contributed by atoms with Gasteiger partial charge in [0.1, 0.15) is 5.82 Å². The zero-order valence-corrected chi connectivity index (χ0v) is 32.3. The predicted molar refractivity (Wildman–Crippen MR) is 194 cm³/mol. The van der Waals surface area contributed by atoms with Crippen LogP contribution in [0.3, 0.4) is 0 Å². The molecule has 0 aliphatic rings. The number of alkyl halides is 6. The van der Waals surface area contributed by atoms with Gasteiger partial charge >= 0.3 is 12.4 Å². The molecular weight excluding hydrogens is 852 g/mol. The molecule has 0 saturated carbocycles. The SMILES string of the molecule is CC(O)(c1ccc(S(=O)(=O)c2ccc(-n3ccnc3)cc2Cl)cc1)C(F)(F)F.CC(O)(c1ccc(S(=O)(=O)c2ccc(F)cc2Cl)cc1)C(F)(F)F.c1c[nH]cn1. The third-order valence-electron chi connectivity index (χ3n) is 8.15. The van der Waals surface area contributed by atoms with E-state index in [1.165, 1.54) is 24.5 Å². The molecule has 4 aromatic carbocycles. The molecule has 6 rings (SSSR count). The molecule has 2 unspecified atom stereocenters. The standard InChI is InChI=1S/C18H14ClF3N2O3S.C15H11ClF4O3S.C3H4N2/c1-17(25,18(20,21)22)12-2-5-14(6-3-12)28(26,27)16-7-4-13(10-15(16)19)24-9-8-23-11-24;1-14(21,15(18,19)20)9-2-5-11(6-3-9)24(22,23)13-7-4-10(17)8-12(13)16;1-2-5-3-4-1/h2-11,25H,1H3;2-8,21H,1H3;1-3H,(H,4,5). The lowest BCUT2D eigenvalue weighted by molar-refractivity contribution is -0.259. The van der Waals surface area contributed by atoms with E-state index >= 15 is 0 Å². The first kappa shape index (κ1) is 44.9. The van der Waals surface area contributed by atoms with Crippen LogP contribution in [-0.4, -0.2) is 58.9 Å². The van der Waals surface area contributed by atoms with Crippen LogP contribution in [0.1, 0.15) is 25.0 Å². The lowest BCUT2D eigenvalue weighted by atomic mass is 9.96. The highest BCUT2D eigenvalue weighted by molar-refractivity contribution is 7.92. The molecule has 0 amide bonds. The van der Waals surface area contributed by atoms with Crippen molar-refractivity contribution in [3.8, 4) is 5.69 Å². The van der Waals surface area contributed by atoms with Crippen molar-refractivity contribution in [2.24, 2.45) is 0 Å². The van der Waals surface area contributed by atoms with Gasteiger partial charge in [-0.2, -0.15) is 26.3 Å². The second-order valence-electron chi connectivity index (χ2n) is 12.1. The van der Waals surface area contributed by atoms with Gasteiger partial charge in [0.15, 0.2) is 11.2 Å². The number of hydrogen-bond donors (Lipinski definition) is 3. The third kappa shape index (κ3) is 10.0. The number of halogens is 9. The molecule has 21 heteroatoms. The Morgan fingerprint density at radius 3 is 1.44 bits per heavy atom. The largest absolute Gasteiger partial charge is 0.421 e. The first-order valence-corrected chi connectivity index (χ1v) is 19.5. The monoisotopic (exact) mass is 880 g/mol. The summed E-state index contributed by atoms with van der Waals surface area (Å²) in [6, 6.07) is 14.4. The van der Waals surface area contributed by atoms with E-state index in [2.05, 4.69) is 15.0 Å². The van der Waals surface area contributed by atoms with E-state index in [4.69, 9.17) is 23.2 Å². The van der Waals surface area contributed by atoms with Crippen LogP contribution in [0.4, 0.5) is 30.7 Å². The fourth-order valence-electron chi connectivity index (χ4n) is 4.69. The summed E-state index contributed by atoms with van der Waals surface area (Å²) < 4.78 is 142. The van der Waals surface area contributed by atoms with E-state index < -0.39 is 60.2 Å². The zero-order chi connectivity index (χ0) is 42.6. The van der Waals surface area contributed by atoms with Crippen molar-refractivity contribution >= 4 is 42.9 Å². The summed E-state index contributed by atoms with van der Waals surface area (Å²) in [5.41, 5.74) is -6.61. The van der Waals surface area contributed by atoms with E-state index in [1.807, 2.05) is 0 Å². The summed E-state index contributed by atoms with van der Waals surface area (Å²) in [4.78, 5) is 9.17. The van der Waals surface area contributed by atoms with Gasteiger partial charge in [-0.15, -0.1) is 0 Å². The minimum atomic E-state index is -4.92. The molecule has 6 aromatic rings. The van der Waals surface area contributed by atoms with Gasteiger partial charge in [-0.25, -0.2) is 31.2 Å². The molecule has 0 spiro atoms. The molecule has 0 radical (unpaired) electrons. The zero-order valence-electron chi connectivity index (χ0n) is 29.1. The number of nitrogens with zero attached hydrogens (tertiary/aromatic N) is 3. The second-order valence-corrected chi connectivity index (χ2v) is 16.8. The maximum Gasteiger partial charge on any atom is 0.421 e. The Morgan fingerprint density at radius 1 is 0.649 bits per heavy atom. The number of benzene rings is 4. The molecule has 57 heavy (non-hydrogen) atoms. The van der Waals surface area contributed by atoms with Crippen molar-refractivity contribution in [3.63, 3.8) is 0 Å². The Kier molecular flexibility index (Phi) is 13.4. The van der Waals surface area contributed by atoms with Gasteiger partial charge in [0.25, 0.3) is 0 Å². The molecule has 0 aliphatic carbocycles. The van der Waals surface area contributed by atoms with Crippen molar-refractivity contribution in [2.75, 3.05) is 0 Å². The summed E-state index contributed by atoms with van der Waals surface area (Å²) in [6.07, 6.45) is -0.0142. The maximum absolute atomic E-state index is 13.0. The third-order valence-corrected chi connectivity index (χ3v) is 12.7. The molecule has 0 bridgehead atoms. The Hall–Kier alpha value is -4.79. The lowest BCUT2D eigenvalue weighted by Gasteiger charge is -2.26. The van der Waals surface area contributed by atoms with E-state index in [0.29, 0.717) is 19.5 Å². The predicted octanol–water partition coefficient (Wildman–Crippen LogP) is 8.62. The van der Waals surface area contributed by atoms with Gasteiger partial charge < -0.3 is 19.8 Å². The smallest absolute Gasteiger partial charge is 0.376 e. The number of rotatable bonds is 7. The van der Waals surface area contributed by atoms with Crippen LogP contribution in [0, 0.1) is 5.82 Å². The highest BCUT2D eigenvalue weighted by atomic mass is 35.5. The van der Waals surface area contributed by atoms with Gasteiger partial charge in [-0.05, 0) is 85.6 Å². The number of H-pyrrole nitrogens is 1. The van der Waals surface area contributed by atoms with Crippen molar-refractivity contribution in [2.45, 2.75) is 57.0 Å². The normalized spacial score (nSPS) is 14.3. The van der Waals surface area contributed by atoms with Crippen LogP contribution < -0.4 is 0 Å². The molecule has 304 valence electrons. The van der Waals surface area contributed by atoms with Crippen molar-refractivity contribution in [3.05, 3.63) is 149 Å². The highest BCUT2D eigenvalue weighted by Crippen LogP contribution is 2.40. The number of imidazole rings is 2. The van der Waals surface area contributed by atoms with Gasteiger partial charge in [0, 0.05) is 30.5 Å². The molecule has 10 nitrogen and oxygen atoms in total. The second kappa shape index (κ2) is 17.0. The number of sulfone groups is 2. The summed E-state index contributed by atoms with van der Waals surface area (Å²) in [7, 11) is -8.22. The molecule has 2 atom stereocenters. The van der Waals surface area contributed by atoms with Crippen LogP contribution in [0.25, 0.3) is 5.69 Å². The lowest BCUT2D eigenvalue weighted by Crippen LogP contribution is -2.39. The number of aromatic amines is 1. The van der Waals surface area contributed by atoms with Gasteiger partial charge in [0.05, 0.1) is 42.3 Å². The summed E-state index contributed by atoms with van der Waals surface area (Å²) in [5.74, 6) is -0.726. The maximum atomic E-state index is 13.0. The van der Waals surface area contributed by atoms with Gasteiger partial charge in [0.2, 0.25) is 19.7 Å². The molecule has 2 heterocycles. The molecule has 3 N–H and O–H groups in total. The molecule has 0 fully saturated rings. The molecule has 0 aliphatic heterocycles. The summed E-state index contributed by atoms with van der Waals surface area (Å²) in [5, 5.41) is 18.9. The number of hydrogen-bond acceptors (Lipinski definition) is 8. The minimum Gasteiger partial charge on any atom is -0.376 e. The van der Waals surface area contributed by atoms with Crippen molar-refractivity contribution < 1.29 is 57.8 Å². The van der Waals surface area contributed by atoms with Gasteiger partial charge in [-0.1, -0.05) is 47.5 Å². The van der Waals surface area contributed by atoms with E-state index in [0.717, 1.165) is 66.7 Å². The number of nitrogens with one attached hydrogen (secondary N) is 1. The van der Waals surface area contributed by atoms with Crippen LogP contribution in [0.15, 0.2) is 142 Å². The first-order valence-electron chi connectivity index (χ1n) is 15.8. The van der Waals surface area contributed by atoms with E-state index in [-0.39, 0.29) is 29.6 Å². The number of aliphatic hydroxyl groups is 2. The Labute approximate surface area is 331 Å². The minimum absolute atomic E-state index is 0.0439. The summed E-state index contributed by atoms with van der Waals surface area (Å²) in [6.45, 7) is 1.16. The Balaban J connectivity index is 0.000000227. The first-order chi connectivity index (χ1) is 26.3. The average molecular weight is 882 g/mol. The van der Waals surface area contributed by atoms with Gasteiger partial charge in [-0.3, -0.25) is 0 Å². The van der Waals surface area contributed by atoms with Crippen LogP contribution in [-0.2, 0) is 30.9 Å². The fraction of sp³-hybridized carbons (Fsp3) is 0.167. The highest BCUT2D eigenvalue weighted by Gasteiger charge is 2.52. The van der Waals surface area contributed by atoms with Crippen LogP contribution in [0.5, 0.6) is 0 Å². The topological polar surface area (TPSA) is 155 Å². The Bertz CT molecular complexity index is 2480. The van der Waals surface area contributed by atoms with Crippen LogP contribution >= 0.6 is 23.2 Å². The van der Waals surface area contributed by atoms with E-state index in [9.17, 15) is 57.8 Å². The quantitative estimate of drug-likeness (QED) is 0.106. The molecular formula is C36H29Cl2F7N4O6S2. The van der Waals surface area contributed by atoms with Crippen molar-refractivity contribution in [1.82, 2.24) is 19.5 Å². The fourth-order valence-corrected chi connectivity index (χ4v) is 8.26. The molecule has 0 saturated heterocycles. The Morgan fingerprint density at radius 2 is 1.11 bits per heavy atom. The average Bonchev–Trinajstić information content (AvgIpc) is 3.89. The number of aromatic nitrogens is 4.